The van der Waals surface area contributed by atoms with Crippen LogP contribution in [0.25, 0.3) is 22.2 Å². The van der Waals surface area contributed by atoms with Crippen LogP contribution in [0.4, 0.5) is 0 Å². The molecule has 0 aliphatic carbocycles. The molecule has 2 N–H and O–H groups in total. The minimum Gasteiger partial charge on any atom is -0.348 e. The fourth-order valence-corrected chi connectivity index (χ4v) is 2.70. The Bertz CT molecular complexity index is 804. The van der Waals surface area contributed by atoms with Crippen LogP contribution < -0.4 is 5.32 Å². The standard InChI is InChI=1S/C15H11N3O/c19-15-12-3-1-2-9(13(12)8-18-15)10-4-6-16-14-11(10)5-7-17-14/h1-7H,8H2,(H,16,17)(H,18,19). The highest BCUT2D eigenvalue weighted by Gasteiger charge is 2.22. The lowest BCUT2D eigenvalue weighted by molar-refractivity contribution is 0.0966. The Labute approximate surface area is 109 Å². The van der Waals surface area contributed by atoms with Gasteiger partial charge in [0.2, 0.25) is 0 Å². The predicted octanol–water partition coefficient (Wildman–Crippen LogP) is 2.47. The maximum Gasteiger partial charge on any atom is 0.251 e. The third-order valence-electron chi connectivity index (χ3n) is 3.60. The van der Waals surface area contributed by atoms with E-state index in [-0.39, 0.29) is 5.91 Å². The highest BCUT2D eigenvalue weighted by atomic mass is 16.1. The molecule has 0 bridgehead atoms. The predicted molar refractivity (Wildman–Crippen MR) is 72.7 cm³/mol. The Kier molecular flexibility index (Phi) is 2.00. The fraction of sp³-hybridized carbons (Fsp3) is 0.0667. The number of H-pyrrole nitrogens is 1. The molecular formula is C15H11N3O. The van der Waals surface area contributed by atoms with Gasteiger partial charge < -0.3 is 10.3 Å². The normalized spacial score (nSPS) is 13.6. The minimum absolute atomic E-state index is 0.0104. The molecule has 0 saturated heterocycles. The largest absolute Gasteiger partial charge is 0.348 e. The zero-order chi connectivity index (χ0) is 12.8. The Morgan fingerprint density at radius 3 is 2.89 bits per heavy atom. The number of nitrogens with one attached hydrogen (secondary N) is 2. The molecule has 0 atom stereocenters. The lowest BCUT2D eigenvalue weighted by Crippen LogP contribution is -2.12. The second-order valence-electron chi connectivity index (χ2n) is 4.61. The molecule has 19 heavy (non-hydrogen) atoms. The van der Waals surface area contributed by atoms with Gasteiger partial charge in [0, 0.05) is 29.9 Å². The molecule has 4 rings (SSSR count). The van der Waals surface area contributed by atoms with E-state index in [4.69, 9.17) is 0 Å². The smallest absolute Gasteiger partial charge is 0.251 e. The number of hydrogen-bond acceptors (Lipinski definition) is 2. The van der Waals surface area contributed by atoms with Crippen molar-refractivity contribution in [2.24, 2.45) is 0 Å². The molecule has 0 spiro atoms. The molecule has 2 aromatic heterocycles. The van der Waals surface area contributed by atoms with Crippen molar-refractivity contribution in [3.05, 3.63) is 53.9 Å². The minimum atomic E-state index is 0.0104. The van der Waals surface area contributed by atoms with Crippen LogP contribution >= 0.6 is 0 Å². The Hall–Kier alpha value is -2.62. The van der Waals surface area contributed by atoms with Gasteiger partial charge in [0.1, 0.15) is 5.65 Å². The van der Waals surface area contributed by atoms with Crippen molar-refractivity contribution >= 4 is 16.9 Å². The summed E-state index contributed by atoms with van der Waals surface area (Å²) in [7, 11) is 0. The van der Waals surface area contributed by atoms with E-state index in [0.717, 1.165) is 33.3 Å². The van der Waals surface area contributed by atoms with Gasteiger partial charge in [0.25, 0.3) is 5.91 Å². The summed E-state index contributed by atoms with van der Waals surface area (Å²) in [5.41, 5.74) is 4.93. The molecule has 1 aliphatic rings. The number of aromatic amines is 1. The molecule has 3 aromatic rings. The van der Waals surface area contributed by atoms with Gasteiger partial charge in [-0.15, -0.1) is 0 Å². The van der Waals surface area contributed by atoms with Crippen molar-refractivity contribution < 1.29 is 4.79 Å². The van der Waals surface area contributed by atoms with E-state index in [1.54, 1.807) is 6.20 Å². The van der Waals surface area contributed by atoms with Crippen LogP contribution in [0.15, 0.2) is 42.7 Å². The number of benzene rings is 1. The van der Waals surface area contributed by atoms with Gasteiger partial charge >= 0.3 is 0 Å². The summed E-state index contributed by atoms with van der Waals surface area (Å²) in [5.74, 6) is 0.0104. The molecule has 92 valence electrons. The van der Waals surface area contributed by atoms with Crippen LogP contribution in [-0.2, 0) is 6.54 Å². The molecule has 0 fully saturated rings. The van der Waals surface area contributed by atoms with Crippen molar-refractivity contribution in [3.63, 3.8) is 0 Å². The number of amides is 1. The highest BCUT2D eigenvalue weighted by Crippen LogP contribution is 2.32. The van der Waals surface area contributed by atoms with Crippen LogP contribution in [0.2, 0.25) is 0 Å². The van der Waals surface area contributed by atoms with Gasteiger partial charge in [-0.25, -0.2) is 4.98 Å². The summed E-state index contributed by atoms with van der Waals surface area (Å²) < 4.78 is 0. The molecular weight excluding hydrogens is 238 g/mol. The number of pyridine rings is 1. The van der Waals surface area contributed by atoms with Crippen LogP contribution in [0.5, 0.6) is 0 Å². The number of nitrogens with zero attached hydrogens (tertiary/aromatic N) is 1. The Morgan fingerprint density at radius 2 is 1.95 bits per heavy atom. The van der Waals surface area contributed by atoms with Crippen LogP contribution in [0.3, 0.4) is 0 Å². The summed E-state index contributed by atoms with van der Waals surface area (Å²) >= 11 is 0. The maximum absolute atomic E-state index is 11.7. The average molecular weight is 249 g/mol. The molecule has 4 heteroatoms. The Morgan fingerprint density at radius 1 is 1.05 bits per heavy atom. The second-order valence-corrected chi connectivity index (χ2v) is 4.61. The SMILES string of the molecule is O=C1NCc2c1cccc2-c1ccnc2[nH]ccc12. The summed E-state index contributed by atoms with van der Waals surface area (Å²) in [6.07, 6.45) is 3.67. The molecule has 1 aromatic carbocycles. The molecule has 4 nitrogen and oxygen atoms in total. The number of carbonyl (C=O) groups excluding carboxylic acids is 1. The monoisotopic (exact) mass is 249 g/mol. The molecule has 0 unspecified atom stereocenters. The highest BCUT2D eigenvalue weighted by molar-refractivity contribution is 6.02. The van der Waals surface area contributed by atoms with Crippen molar-refractivity contribution in [1.29, 1.82) is 0 Å². The average Bonchev–Trinajstić information content (AvgIpc) is 3.05. The Balaban J connectivity index is 2.04. The lowest BCUT2D eigenvalue weighted by Gasteiger charge is -2.08. The first kappa shape index (κ1) is 10.3. The quantitative estimate of drug-likeness (QED) is 0.696. The van der Waals surface area contributed by atoms with Gasteiger partial charge in [0.15, 0.2) is 0 Å². The fourth-order valence-electron chi connectivity index (χ4n) is 2.70. The van der Waals surface area contributed by atoms with Gasteiger partial charge in [-0.2, -0.15) is 0 Å². The summed E-state index contributed by atoms with van der Waals surface area (Å²) in [6.45, 7) is 0.596. The summed E-state index contributed by atoms with van der Waals surface area (Å²) in [5, 5.41) is 3.95. The van der Waals surface area contributed by atoms with E-state index >= 15 is 0 Å². The molecule has 1 aliphatic heterocycles. The number of carbonyl (C=O) groups is 1. The molecule has 0 radical (unpaired) electrons. The van der Waals surface area contributed by atoms with Crippen LogP contribution in [-0.4, -0.2) is 15.9 Å². The number of fused-ring (bicyclic) bond motifs is 2. The van der Waals surface area contributed by atoms with Gasteiger partial charge in [0.05, 0.1) is 0 Å². The van der Waals surface area contributed by atoms with Gasteiger partial charge in [-0.1, -0.05) is 12.1 Å². The van der Waals surface area contributed by atoms with Gasteiger partial charge in [-0.05, 0) is 34.9 Å². The first-order valence-electron chi connectivity index (χ1n) is 6.17. The van der Waals surface area contributed by atoms with Crippen molar-refractivity contribution in [3.8, 4) is 11.1 Å². The lowest BCUT2D eigenvalue weighted by atomic mass is 9.96. The third-order valence-corrected chi connectivity index (χ3v) is 3.60. The zero-order valence-corrected chi connectivity index (χ0v) is 10.1. The molecule has 3 heterocycles. The third kappa shape index (κ3) is 1.40. The molecule has 0 saturated carbocycles. The first-order valence-corrected chi connectivity index (χ1v) is 6.17. The second kappa shape index (κ2) is 3.68. The summed E-state index contributed by atoms with van der Waals surface area (Å²) in [4.78, 5) is 19.1. The summed E-state index contributed by atoms with van der Waals surface area (Å²) in [6, 6.07) is 9.87. The van der Waals surface area contributed by atoms with Crippen LogP contribution in [0.1, 0.15) is 15.9 Å². The van der Waals surface area contributed by atoms with Crippen molar-refractivity contribution in [2.75, 3.05) is 0 Å². The van der Waals surface area contributed by atoms with Gasteiger partial charge in [-0.3, -0.25) is 4.79 Å². The zero-order valence-electron chi connectivity index (χ0n) is 10.1. The topological polar surface area (TPSA) is 57.8 Å². The van der Waals surface area contributed by atoms with Crippen molar-refractivity contribution in [2.45, 2.75) is 6.54 Å². The number of rotatable bonds is 1. The van der Waals surface area contributed by atoms with Crippen molar-refractivity contribution in [1.82, 2.24) is 15.3 Å². The number of aromatic nitrogens is 2. The first-order chi connectivity index (χ1) is 9.34. The van der Waals surface area contributed by atoms with E-state index < -0.39 is 0 Å². The van der Waals surface area contributed by atoms with Crippen LogP contribution in [0, 0.1) is 0 Å². The number of hydrogen-bond donors (Lipinski definition) is 2. The van der Waals surface area contributed by atoms with E-state index in [2.05, 4.69) is 21.4 Å². The molecule has 1 amide bonds. The van der Waals surface area contributed by atoms with E-state index in [0.29, 0.717) is 6.54 Å². The van der Waals surface area contributed by atoms with E-state index in [9.17, 15) is 4.79 Å². The van der Waals surface area contributed by atoms with E-state index in [1.807, 2.05) is 30.5 Å². The maximum atomic E-state index is 11.7. The van der Waals surface area contributed by atoms with E-state index in [1.165, 1.54) is 0 Å².